The number of H-pyrrole nitrogens is 1. The summed E-state index contributed by atoms with van der Waals surface area (Å²) in [5.74, 6) is -0.325. The standard InChI is InChI=1S/C23H24FN7O3S/c1-11-10-31(3)30-20(11)13-5-6-16(18(7-13)35(4,33)34)27-17-9-19(29-23(32)14-8-15(14)24)28-22-21(17)25-12(2)26-22/h5-7,9-10,14-15H,8H2,1-4H3,(H3,25,26,27,28,29,32)/t14-,15?/m0/s1. The van der Waals surface area contributed by atoms with Gasteiger partial charge in [0.25, 0.3) is 0 Å². The van der Waals surface area contributed by atoms with Crippen LogP contribution in [0, 0.1) is 19.8 Å². The lowest BCUT2D eigenvalue weighted by molar-refractivity contribution is -0.117. The van der Waals surface area contributed by atoms with Gasteiger partial charge in [0.05, 0.1) is 27.9 Å². The Morgan fingerprint density at radius 1 is 1.20 bits per heavy atom. The van der Waals surface area contributed by atoms with E-state index in [1.165, 1.54) is 0 Å². The minimum atomic E-state index is -3.63. The molecule has 3 N–H and O–H groups in total. The maximum atomic E-state index is 13.3. The lowest BCUT2D eigenvalue weighted by Gasteiger charge is -2.14. The molecule has 1 aliphatic rings. The number of aromatic amines is 1. The largest absolute Gasteiger partial charge is 0.352 e. The number of rotatable bonds is 6. The number of fused-ring (bicyclic) bond motifs is 1. The van der Waals surface area contributed by atoms with Crippen molar-refractivity contribution >= 4 is 44.1 Å². The quantitative estimate of drug-likeness (QED) is 0.371. The molecule has 0 bridgehead atoms. The summed E-state index contributed by atoms with van der Waals surface area (Å²) in [5, 5.41) is 10.2. The van der Waals surface area contributed by atoms with Gasteiger partial charge in [-0.25, -0.2) is 22.8 Å². The molecule has 0 saturated heterocycles. The Bertz CT molecular complexity index is 1590. The van der Waals surface area contributed by atoms with Crippen LogP contribution in [0.25, 0.3) is 22.4 Å². The normalized spacial score (nSPS) is 17.5. The van der Waals surface area contributed by atoms with Crippen LogP contribution in [0.15, 0.2) is 35.4 Å². The number of halogens is 1. The number of alkyl halides is 1. The third kappa shape index (κ3) is 4.48. The molecule has 2 atom stereocenters. The highest BCUT2D eigenvalue weighted by Crippen LogP contribution is 2.36. The molecule has 3 heterocycles. The van der Waals surface area contributed by atoms with E-state index in [9.17, 15) is 17.6 Å². The number of imidazole rings is 1. The number of hydrogen-bond acceptors (Lipinski definition) is 7. The van der Waals surface area contributed by atoms with Gasteiger partial charge in [-0.3, -0.25) is 9.48 Å². The van der Waals surface area contributed by atoms with Crippen molar-refractivity contribution in [2.75, 3.05) is 16.9 Å². The molecule has 3 aromatic heterocycles. The summed E-state index contributed by atoms with van der Waals surface area (Å²) < 4.78 is 40.4. The highest BCUT2D eigenvalue weighted by molar-refractivity contribution is 7.90. The second-order valence-electron chi connectivity index (χ2n) is 8.86. The van der Waals surface area contributed by atoms with E-state index in [4.69, 9.17) is 0 Å². The van der Waals surface area contributed by atoms with Gasteiger partial charge in [-0.2, -0.15) is 5.10 Å². The van der Waals surface area contributed by atoms with Crippen molar-refractivity contribution in [2.45, 2.75) is 31.3 Å². The number of hydrogen-bond donors (Lipinski definition) is 3. The first-order valence-electron chi connectivity index (χ1n) is 10.9. The van der Waals surface area contributed by atoms with Crippen LogP contribution in [-0.2, 0) is 21.7 Å². The third-order valence-electron chi connectivity index (χ3n) is 5.81. The van der Waals surface area contributed by atoms with Crippen LogP contribution in [0.3, 0.4) is 0 Å². The van der Waals surface area contributed by atoms with E-state index in [2.05, 4.69) is 30.7 Å². The van der Waals surface area contributed by atoms with E-state index in [1.807, 2.05) is 13.1 Å². The Balaban J connectivity index is 1.57. The van der Waals surface area contributed by atoms with Gasteiger partial charge in [0.2, 0.25) is 5.91 Å². The minimum Gasteiger partial charge on any atom is -0.352 e. The number of pyridine rings is 1. The molecule has 1 fully saturated rings. The Morgan fingerprint density at radius 2 is 1.94 bits per heavy atom. The van der Waals surface area contributed by atoms with Gasteiger partial charge in [0.15, 0.2) is 15.5 Å². The fraction of sp³-hybridized carbons (Fsp3) is 0.304. The highest BCUT2D eigenvalue weighted by Gasteiger charge is 2.43. The summed E-state index contributed by atoms with van der Waals surface area (Å²) in [4.78, 5) is 24.2. The van der Waals surface area contributed by atoms with Crippen molar-refractivity contribution in [3.8, 4) is 11.3 Å². The maximum Gasteiger partial charge on any atom is 0.231 e. The van der Waals surface area contributed by atoms with Crippen molar-refractivity contribution in [1.29, 1.82) is 0 Å². The molecule has 1 aromatic carbocycles. The molecule has 0 spiro atoms. The van der Waals surface area contributed by atoms with Crippen LogP contribution in [0.2, 0.25) is 0 Å². The number of benzene rings is 1. The number of nitrogens with zero attached hydrogens (tertiary/aromatic N) is 4. The maximum absolute atomic E-state index is 13.3. The van der Waals surface area contributed by atoms with Crippen LogP contribution < -0.4 is 10.6 Å². The molecule has 1 amide bonds. The summed E-state index contributed by atoms with van der Waals surface area (Å²) in [6, 6.07) is 6.59. The second-order valence-corrected chi connectivity index (χ2v) is 10.8. The first-order valence-corrected chi connectivity index (χ1v) is 12.8. The molecule has 10 nitrogen and oxygen atoms in total. The lowest BCUT2D eigenvalue weighted by Crippen LogP contribution is -2.16. The minimum absolute atomic E-state index is 0.0844. The van der Waals surface area contributed by atoms with Gasteiger partial charge >= 0.3 is 0 Å². The summed E-state index contributed by atoms with van der Waals surface area (Å²) in [6.07, 6.45) is 2.06. The number of carbonyl (C=O) groups excluding carboxylic acids is 1. The molecule has 182 valence electrons. The molecule has 1 saturated carbocycles. The summed E-state index contributed by atoms with van der Waals surface area (Å²) >= 11 is 0. The van der Waals surface area contributed by atoms with Crippen LogP contribution in [0.5, 0.6) is 0 Å². The number of nitrogens with one attached hydrogen (secondary N) is 3. The van der Waals surface area contributed by atoms with Crippen molar-refractivity contribution < 1.29 is 17.6 Å². The van der Waals surface area contributed by atoms with Gasteiger partial charge in [0.1, 0.15) is 23.3 Å². The van der Waals surface area contributed by atoms with E-state index in [0.717, 1.165) is 11.8 Å². The Morgan fingerprint density at radius 3 is 2.57 bits per heavy atom. The van der Waals surface area contributed by atoms with E-state index in [-0.39, 0.29) is 17.1 Å². The van der Waals surface area contributed by atoms with Gasteiger partial charge in [0, 0.05) is 31.1 Å². The Hall–Kier alpha value is -3.80. The van der Waals surface area contributed by atoms with Gasteiger partial charge in [-0.15, -0.1) is 0 Å². The molecular weight excluding hydrogens is 473 g/mol. The second kappa shape index (κ2) is 8.15. The van der Waals surface area contributed by atoms with Crippen molar-refractivity contribution in [3.63, 3.8) is 0 Å². The molecule has 1 aliphatic carbocycles. The number of carbonyl (C=O) groups is 1. The Kier molecular flexibility index (Phi) is 5.35. The molecule has 4 aromatic rings. The first-order chi connectivity index (χ1) is 16.5. The number of anilines is 3. The third-order valence-corrected chi connectivity index (χ3v) is 6.94. The monoisotopic (exact) mass is 497 g/mol. The zero-order valence-corrected chi connectivity index (χ0v) is 20.4. The Labute approximate surface area is 200 Å². The van der Waals surface area contributed by atoms with Crippen molar-refractivity contribution in [1.82, 2.24) is 24.7 Å². The SMILES string of the molecule is Cc1nc2c(Nc3ccc(-c4nn(C)cc4C)cc3S(C)(=O)=O)cc(NC(=O)[C@H]3CC3F)nc2[nH]1. The zero-order valence-electron chi connectivity index (χ0n) is 19.5. The average molecular weight is 498 g/mol. The molecule has 5 rings (SSSR count). The molecule has 35 heavy (non-hydrogen) atoms. The smallest absolute Gasteiger partial charge is 0.231 e. The van der Waals surface area contributed by atoms with Crippen LogP contribution in [0.1, 0.15) is 17.8 Å². The predicted molar refractivity (Wildman–Crippen MR) is 130 cm³/mol. The molecule has 0 aliphatic heterocycles. The summed E-state index contributed by atoms with van der Waals surface area (Å²) in [6.45, 7) is 3.67. The van der Waals surface area contributed by atoms with Gasteiger partial charge in [-0.1, -0.05) is 6.07 Å². The fourth-order valence-electron chi connectivity index (χ4n) is 4.04. The van der Waals surface area contributed by atoms with E-state index in [1.54, 1.807) is 42.9 Å². The summed E-state index contributed by atoms with van der Waals surface area (Å²) in [7, 11) is -1.83. The van der Waals surface area contributed by atoms with Crippen LogP contribution >= 0.6 is 0 Å². The average Bonchev–Trinajstić information content (AvgIpc) is 3.23. The number of aromatic nitrogens is 5. The fourth-order valence-corrected chi connectivity index (χ4v) is 4.90. The number of sulfone groups is 1. The van der Waals surface area contributed by atoms with Gasteiger partial charge < -0.3 is 15.6 Å². The van der Waals surface area contributed by atoms with E-state index >= 15 is 0 Å². The lowest BCUT2D eigenvalue weighted by atomic mass is 10.1. The summed E-state index contributed by atoms with van der Waals surface area (Å²) in [5.41, 5.74) is 3.92. The topological polar surface area (TPSA) is 135 Å². The van der Waals surface area contributed by atoms with E-state index in [0.29, 0.717) is 39.6 Å². The molecule has 0 radical (unpaired) electrons. The highest BCUT2D eigenvalue weighted by atomic mass is 32.2. The number of amides is 1. The number of aryl methyl sites for hydroxylation is 3. The zero-order chi connectivity index (χ0) is 25.1. The van der Waals surface area contributed by atoms with E-state index < -0.39 is 27.8 Å². The van der Waals surface area contributed by atoms with Crippen molar-refractivity contribution in [2.24, 2.45) is 13.0 Å². The predicted octanol–water partition coefficient (Wildman–Crippen LogP) is 3.42. The van der Waals surface area contributed by atoms with Crippen LogP contribution in [-0.4, -0.2) is 51.5 Å². The molecule has 1 unspecified atom stereocenters. The first kappa shape index (κ1) is 23.0. The molecular formula is C23H24FN7O3S. The molecule has 12 heteroatoms. The van der Waals surface area contributed by atoms with Crippen LogP contribution in [0.4, 0.5) is 21.6 Å². The van der Waals surface area contributed by atoms with Crippen molar-refractivity contribution in [3.05, 3.63) is 41.9 Å². The van der Waals surface area contributed by atoms with Gasteiger partial charge in [-0.05, 0) is 38.0 Å².